The summed E-state index contributed by atoms with van der Waals surface area (Å²) in [5.74, 6) is 1.22. The lowest BCUT2D eigenvalue weighted by Gasteiger charge is -2.10. The highest BCUT2D eigenvalue weighted by Crippen LogP contribution is 2.30. The first kappa shape index (κ1) is 21.5. The molecule has 156 valence electrons. The van der Waals surface area contributed by atoms with Crippen molar-refractivity contribution in [2.24, 2.45) is 0 Å². The molecule has 0 aliphatic rings. The first-order chi connectivity index (χ1) is 15.1. The van der Waals surface area contributed by atoms with Crippen molar-refractivity contribution in [2.45, 2.75) is 6.61 Å². The Kier molecular flexibility index (Phi) is 7.28. The normalized spacial score (nSPS) is 10.7. The van der Waals surface area contributed by atoms with Crippen molar-refractivity contribution in [3.8, 4) is 23.3 Å². The molecule has 0 radical (unpaired) electrons. The number of benzene rings is 3. The molecule has 3 rings (SSSR count). The Morgan fingerprint density at radius 1 is 0.968 bits per heavy atom. The lowest BCUT2D eigenvalue weighted by atomic mass is 10.1. The number of anilines is 1. The van der Waals surface area contributed by atoms with Gasteiger partial charge in [0.05, 0.1) is 14.2 Å². The van der Waals surface area contributed by atoms with Gasteiger partial charge >= 0.3 is 0 Å². The highest BCUT2D eigenvalue weighted by atomic mass is 16.5. The fourth-order valence-corrected chi connectivity index (χ4v) is 2.83. The number of amides is 1. The molecule has 0 aliphatic carbocycles. The molecule has 0 bridgehead atoms. The summed E-state index contributed by atoms with van der Waals surface area (Å²) in [6, 6.07) is 24.0. The van der Waals surface area contributed by atoms with Gasteiger partial charge in [-0.05, 0) is 41.5 Å². The van der Waals surface area contributed by atoms with E-state index in [-0.39, 0.29) is 5.57 Å². The minimum atomic E-state index is -0.515. The fraction of sp³-hybridized carbons (Fsp3) is 0.120. The number of hydrogen-bond donors (Lipinski definition) is 1. The van der Waals surface area contributed by atoms with Crippen LogP contribution in [0.1, 0.15) is 11.1 Å². The summed E-state index contributed by atoms with van der Waals surface area (Å²) < 4.78 is 16.2. The van der Waals surface area contributed by atoms with Crippen LogP contribution < -0.4 is 19.5 Å². The molecule has 3 aromatic carbocycles. The van der Waals surface area contributed by atoms with Gasteiger partial charge in [-0.15, -0.1) is 0 Å². The average Bonchev–Trinajstić information content (AvgIpc) is 2.82. The molecule has 0 aromatic heterocycles. The van der Waals surface area contributed by atoms with E-state index in [0.717, 1.165) is 5.56 Å². The van der Waals surface area contributed by atoms with Gasteiger partial charge in [-0.2, -0.15) is 5.26 Å². The molecule has 0 saturated carbocycles. The fourth-order valence-electron chi connectivity index (χ4n) is 2.83. The van der Waals surface area contributed by atoms with E-state index in [1.165, 1.54) is 20.3 Å². The molecule has 1 amide bonds. The number of nitriles is 1. The Morgan fingerprint density at radius 3 is 2.32 bits per heavy atom. The number of nitrogens with one attached hydrogen (secondary N) is 1. The molecule has 6 nitrogen and oxygen atoms in total. The predicted molar refractivity (Wildman–Crippen MR) is 119 cm³/mol. The summed E-state index contributed by atoms with van der Waals surface area (Å²) in [6.07, 6.45) is 1.52. The average molecular weight is 414 g/mol. The molecular weight excluding hydrogens is 392 g/mol. The summed E-state index contributed by atoms with van der Waals surface area (Å²) in [5, 5.41) is 12.1. The Balaban J connectivity index is 1.66. The maximum Gasteiger partial charge on any atom is 0.266 e. The van der Waals surface area contributed by atoms with Crippen LogP contribution in [0, 0.1) is 11.3 Å². The number of rotatable bonds is 8. The van der Waals surface area contributed by atoms with Crippen molar-refractivity contribution in [3.63, 3.8) is 0 Å². The zero-order chi connectivity index (χ0) is 22.1. The molecule has 0 aliphatic heterocycles. The van der Waals surface area contributed by atoms with Gasteiger partial charge in [0.2, 0.25) is 0 Å². The van der Waals surface area contributed by atoms with Gasteiger partial charge in [-0.25, -0.2) is 0 Å². The van der Waals surface area contributed by atoms with Gasteiger partial charge in [0.25, 0.3) is 5.91 Å². The van der Waals surface area contributed by atoms with Crippen LogP contribution in [0.2, 0.25) is 0 Å². The van der Waals surface area contributed by atoms with E-state index in [0.29, 0.717) is 35.1 Å². The number of hydrogen-bond acceptors (Lipinski definition) is 5. The maximum atomic E-state index is 12.5. The number of methoxy groups -OCH3 is 2. The van der Waals surface area contributed by atoms with E-state index < -0.39 is 5.91 Å². The smallest absolute Gasteiger partial charge is 0.266 e. The standard InChI is InChI=1S/C25H22N2O4/c1-29-23-13-10-21(15-24(23)30-2)27-25(28)20(16-26)14-18-8-11-22(12-9-18)31-17-19-6-4-3-5-7-19/h3-15H,17H2,1-2H3,(H,27,28)/b20-14+. The quantitative estimate of drug-likeness (QED) is 0.422. The molecule has 0 unspecified atom stereocenters. The van der Waals surface area contributed by atoms with Gasteiger partial charge in [0.15, 0.2) is 11.5 Å². The van der Waals surface area contributed by atoms with Gasteiger partial charge in [0.1, 0.15) is 24.0 Å². The van der Waals surface area contributed by atoms with E-state index >= 15 is 0 Å². The SMILES string of the molecule is COc1ccc(NC(=O)/C(C#N)=C/c2ccc(OCc3ccccc3)cc2)cc1OC. The third-order valence-electron chi connectivity index (χ3n) is 4.45. The van der Waals surface area contributed by atoms with Crippen molar-refractivity contribution in [3.05, 3.63) is 89.5 Å². The summed E-state index contributed by atoms with van der Waals surface area (Å²) in [4.78, 5) is 12.5. The van der Waals surface area contributed by atoms with Crippen LogP contribution in [-0.4, -0.2) is 20.1 Å². The van der Waals surface area contributed by atoms with Crippen LogP contribution in [0.4, 0.5) is 5.69 Å². The number of nitrogens with zero attached hydrogens (tertiary/aromatic N) is 1. The number of carbonyl (C=O) groups excluding carboxylic acids is 1. The van der Waals surface area contributed by atoms with Crippen molar-refractivity contribution in [2.75, 3.05) is 19.5 Å². The molecule has 0 atom stereocenters. The van der Waals surface area contributed by atoms with E-state index in [2.05, 4.69) is 5.32 Å². The van der Waals surface area contributed by atoms with Gasteiger partial charge in [0, 0.05) is 11.8 Å². The van der Waals surface area contributed by atoms with E-state index in [4.69, 9.17) is 14.2 Å². The molecule has 31 heavy (non-hydrogen) atoms. The minimum absolute atomic E-state index is 0.0206. The van der Waals surface area contributed by atoms with Crippen molar-refractivity contribution in [1.29, 1.82) is 5.26 Å². The summed E-state index contributed by atoms with van der Waals surface area (Å²) in [7, 11) is 3.04. The molecule has 0 saturated heterocycles. The molecule has 0 heterocycles. The zero-order valence-corrected chi connectivity index (χ0v) is 17.3. The van der Waals surface area contributed by atoms with Gasteiger partial charge in [-0.3, -0.25) is 4.79 Å². The second kappa shape index (κ2) is 10.5. The molecule has 3 aromatic rings. The van der Waals surface area contributed by atoms with E-state index in [1.807, 2.05) is 36.4 Å². The van der Waals surface area contributed by atoms with E-state index in [9.17, 15) is 10.1 Å². The lowest BCUT2D eigenvalue weighted by molar-refractivity contribution is -0.112. The van der Waals surface area contributed by atoms with E-state index in [1.54, 1.807) is 42.5 Å². The molecule has 0 fully saturated rings. The second-order valence-electron chi connectivity index (χ2n) is 6.54. The topological polar surface area (TPSA) is 80.6 Å². The molecule has 0 spiro atoms. The molecular formula is C25H22N2O4. The largest absolute Gasteiger partial charge is 0.493 e. The third-order valence-corrected chi connectivity index (χ3v) is 4.45. The van der Waals surface area contributed by atoms with Crippen LogP contribution in [0.3, 0.4) is 0 Å². The lowest BCUT2D eigenvalue weighted by Crippen LogP contribution is -2.13. The molecule has 6 heteroatoms. The maximum absolute atomic E-state index is 12.5. The first-order valence-corrected chi connectivity index (χ1v) is 9.55. The van der Waals surface area contributed by atoms with Crippen LogP contribution in [0.15, 0.2) is 78.4 Å². The summed E-state index contributed by atoms with van der Waals surface area (Å²) in [6.45, 7) is 0.465. The zero-order valence-electron chi connectivity index (χ0n) is 17.3. The Hall–Kier alpha value is -4.24. The van der Waals surface area contributed by atoms with Crippen LogP contribution >= 0.6 is 0 Å². The molecule has 1 N–H and O–H groups in total. The van der Waals surface area contributed by atoms with Gasteiger partial charge < -0.3 is 19.5 Å². The summed E-state index contributed by atoms with van der Waals surface area (Å²) in [5.41, 5.74) is 2.26. The third kappa shape index (κ3) is 5.87. The predicted octanol–water partition coefficient (Wildman–Crippen LogP) is 4.83. The Labute approximate surface area is 181 Å². The van der Waals surface area contributed by atoms with Crippen LogP contribution in [-0.2, 0) is 11.4 Å². The van der Waals surface area contributed by atoms with Crippen molar-refractivity contribution in [1.82, 2.24) is 0 Å². The summed E-state index contributed by atoms with van der Waals surface area (Å²) >= 11 is 0. The van der Waals surface area contributed by atoms with Gasteiger partial charge in [-0.1, -0.05) is 42.5 Å². The van der Waals surface area contributed by atoms with Crippen LogP contribution in [0.25, 0.3) is 6.08 Å². The Bertz CT molecular complexity index is 1100. The first-order valence-electron chi connectivity index (χ1n) is 9.55. The monoisotopic (exact) mass is 414 g/mol. The Morgan fingerprint density at radius 2 is 1.68 bits per heavy atom. The van der Waals surface area contributed by atoms with Crippen LogP contribution in [0.5, 0.6) is 17.2 Å². The highest BCUT2D eigenvalue weighted by molar-refractivity contribution is 6.09. The number of ether oxygens (including phenoxy) is 3. The number of carbonyl (C=O) groups is 1. The van der Waals surface area contributed by atoms with Crippen molar-refractivity contribution < 1.29 is 19.0 Å². The minimum Gasteiger partial charge on any atom is -0.493 e. The van der Waals surface area contributed by atoms with Crippen molar-refractivity contribution >= 4 is 17.7 Å². The highest BCUT2D eigenvalue weighted by Gasteiger charge is 2.12. The second-order valence-corrected chi connectivity index (χ2v) is 6.54.